The lowest BCUT2D eigenvalue weighted by Gasteiger charge is -2.43. The Labute approximate surface area is 249 Å². The van der Waals surface area contributed by atoms with E-state index >= 15 is 0 Å². The van der Waals surface area contributed by atoms with Gasteiger partial charge in [0.25, 0.3) is 0 Å². The number of nitrogens with zero attached hydrogens (tertiary/aromatic N) is 2. The molecule has 2 fully saturated rings. The predicted octanol–water partition coefficient (Wildman–Crippen LogP) is 6.80. The molecule has 1 N–H and O–H groups in total. The van der Waals surface area contributed by atoms with Crippen molar-refractivity contribution in [1.29, 1.82) is 0 Å². The Kier molecular flexibility index (Phi) is 9.67. The largest absolute Gasteiger partial charge is 0.487 e. The van der Waals surface area contributed by atoms with Crippen molar-refractivity contribution in [1.82, 2.24) is 9.80 Å². The Morgan fingerprint density at radius 1 is 0.976 bits per heavy atom. The first-order valence-electron chi connectivity index (χ1n) is 14.2. The molecule has 7 nitrogen and oxygen atoms in total. The zero-order valence-corrected chi connectivity index (χ0v) is 24.9. The fourth-order valence-corrected chi connectivity index (χ4v) is 5.81. The fourth-order valence-electron chi connectivity index (χ4n) is 5.57. The average molecular weight is 611 g/mol. The molecule has 1 saturated heterocycles. The van der Waals surface area contributed by atoms with Crippen LogP contribution in [0.1, 0.15) is 75.5 Å². The molecule has 1 unspecified atom stereocenters. The quantitative estimate of drug-likeness (QED) is 0.389. The highest BCUT2D eigenvalue weighted by Crippen LogP contribution is 2.43. The van der Waals surface area contributed by atoms with Crippen molar-refractivity contribution in [2.75, 3.05) is 26.2 Å². The number of carbonyl (C=O) groups excluding carboxylic acids is 2. The molecule has 1 aliphatic carbocycles. The molecule has 2 aromatic carbocycles. The number of piperazine rings is 1. The van der Waals surface area contributed by atoms with Gasteiger partial charge in [0.1, 0.15) is 18.0 Å². The van der Waals surface area contributed by atoms with E-state index in [-0.39, 0.29) is 23.3 Å². The molecular weight excluding hydrogens is 573 g/mol. The summed E-state index contributed by atoms with van der Waals surface area (Å²) in [5, 5.41) is 11.9. The third kappa shape index (κ3) is 7.89. The Morgan fingerprint density at radius 3 is 2.21 bits per heavy atom. The third-order valence-corrected chi connectivity index (χ3v) is 7.98. The van der Waals surface area contributed by atoms with Crippen LogP contribution in [-0.4, -0.2) is 64.3 Å². The second kappa shape index (κ2) is 12.7. The number of alkyl halides is 3. The molecule has 0 spiro atoms. The normalized spacial score (nSPS) is 18.4. The lowest BCUT2D eigenvalue weighted by Crippen LogP contribution is -2.55. The van der Waals surface area contributed by atoms with Crippen LogP contribution in [0.4, 0.5) is 18.0 Å². The van der Waals surface area contributed by atoms with Crippen LogP contribution < -0.4 is 4.74 Å². The maximum atomic E-state index is 14.0. The molecule has 1 atom stereocenters. The SMILES string of the molecule is CC(C)(C)OC(=O)N1CCN(C(=O)C(c2ccc(OCc3cccc(C(F)(F)F)c3)c(Cl)c2)C2(O)CCCCC2)CC1. The number of amides is 2. The van der Waals surface area contributed by atoms with Crippen molar-refractivity contribution < 1.29 is 37.3 Å². The Balaban J connectivity index is 1.50. The molecule has 42 heavy (non-hydrogen) atoms. The van der Waals surface area contributed by atoms with Gasteiger partial charge in [0.15, 0.2) is 0 Å². The number of ether oxygens (including phenoxy) is 2. The fraction of sp³-hybridized carbons (Fsp3) is 0.548. The number of hydrogen-bond acceptors (Lipinski definition) is 5. The number of rotatable bonds is 6. The van der Waals surface area contributed by atoms with Crippen LogP contribution in [0.25, 0.3) is 0 Å². The maximum Gasteiger partial charge on any atom is 0.416 e. The monoisotopic (exact) mass is 610 g/mol. The number of hydrogen-bond donors (Lipinski definition) is 1. The molecule has 1 saturated carbocycles. The van der Waals surface area contributed by atoms with Gasteiger partial charge in [-0.3, -0.25) is 4.79 Å². The van der Waals surface area contributed by atoms with Gasteiger partial charge in [0, 0.05) is 26.2 Å². The highest BCUT2D eigenvalue weighted by atomic mass is 35.5. The average Bonchev–Trinajstić information content (AvgIpc) is 2.92. The molecule has 0 bridgehead atoms. The summed E-state index contributed by atoms with van der Waals surface area (Å²) in [6.45, 7) is 6.50. The first kappa shape index (κ1) is 31.9. The molecule has 1 heterocycles. The summed E-state index contributed by atoms with van der Waals surface area (Å²) < 4.78 is 50.4. The predicted molar refractivity (Wildman–Crippen MR) is 152 cm³/mol. The molecule has 0 aromatic heterocycles. The Morgan fingerprint density at radius 2 is 1.62 bits per heavy atom. The summed E-state index contributed by atoms with van der Waals surface area (Å²) in [5.74, 6) is -0.858. The molecule has 0 radical (unpaired) electrons. The van der Waals surface area contributed by atoms with Gasteiger partial charge >= 0.3 is 12.3 Å². The van der Waals surface area contributed by atoms with Crippen LogP contribution in [-0.2, 0) is 22.3 Å². The van der Waals surface area contributed by atoms with E-state index < -0.39 is 35.0 Å². The van der Waals surface area contributed by atoms with E-state index in [4.69, 9.17) is 21.1 Å². The van der Waals surface area contributed by atoms with Crippen molar-refractivity contribution in [3.05, 3.63) is 64.2 Å². The number of benzene rings is 2. The van der Waals surface area contributed by atoms with Crippen molar-refractivity contribution in [2.45, 2.75) is 82.8 Å². The van der Waals surface area contributed by atoms with Gasteiger partial charge < -0.3 is 24.4 Å². The van der Waals surface area contributed by atoms with E-state index in [2.05, 4.69) is 0 Å². The minimum Gasteiger partial charge on any atom is -0.487 e. The van der Waals surface area contributed by atoms with E-state index in [1.165, 1.54) is 12.1 Å². The Bertz CT molecular complexity index is 1270. The highest BCUT2D eigenvalue weighted by Gasteiger charge is 2.45. The van der Waals surface area contributed by atoms with Crippen molar-refractivity contribution in [2.24, 2.45) is 0 Å². The molecule has 4 rings (SSSR count). The summed E-state index contributed by atoms with van der Waals surface area (Å²) >= 11 is 6.56. The first-order valence-corrected chi connectivity index (χ1v) is 14.6. The second-order valence-corrected chi connectivity index (χ2v) is 12.5. The summed E-state index contributed by atoms with van der Waals surface area (Å²) in [4.78, 5) is 29.7. The standard InChI is InChI=1S/C31H38ClF3N2O5/c1-29(2,3)42-28(39)37-16-14-36(15-17-37)27(38)26(30(40)12-5-4-6-13-30)22-10-11-25(24(32)19-22)41-20-21-8-7-9-23(18-21)31(33,34)35/h7-11,18-19,26,40H,4-6,12-17,20H2,1-3H3. The summed E-state index contributed by atoms with van der Waals surface area (Å²) in [6.07, 6.45) is -1.40. The van der Waals surface area contributed by atoms with Gasteiger partial charge in [-0.05, 0) is 69.0 Å². The molecule has 11 heteroatoms. The van der Waals surface area contributed by atoms with E-state index in [1.54, 1.807) is 48.8 Å². The molecule has 2 aliphatic rings. The summed E-state index contributed by atoms with van der Waals surface area (Å²) in [7, 11) is 0. The van der Waals surface area contributed by atoms with Crippen molar-refractivity contribution in [3.63, 3.8) is 0 Å². The van der Waals surface area contributed by atoms with Crippen LogP contribution in [0.2, 0.25) is 5.02 Å². The zero-order chi connectivity index (χ0) is 30.7. The van der Waals surface area contributed by atoms with Gasteiger partial charge in [-0.15, -0.1) is 0 Å². The molecule has 2 amide bonds. The number of aliphatic hydroxyl groups is 1. The van der Waals surface area contributed by atoms with Crippen LogP contribution >= 0.6 is 11.6 Å². The van der Waals surface area contributed by atoms with Gasteiger partial charge in [-0.2, -0.15) is 13.2 Å². The van der Waals surface area contributed by atoms with Crippen LogP contribution in [0.15, 0.2) is 42.5 Å². The first-order chi connectivity index (χ1) is 19.7. The van der Waals surface area contributed by atoms with Crippen LogP contribution in [0.3, 0.4) is 0 Å². The summed E-state index contributed by atoms with van der Waals surface area (Å²) in [6, 6.07) is 9.73. The van der Waals surface area contributed by atoms with E-state index in [9.17, 15) is 27.9 Å². The maximum absolute atomic E-state index is 14.0. The van der Waals surface area contributed by atoms with E-state index in [0.717, 1.165) is 31.4 Å². The smallest absolute Gasteiger partial charge is 0.416 e. The highest BCUT2D eigenvalue weighted by molar-refractivity contribution is 6.32. The zero-order valence-electron chi connectivity index (χ0n) is 24.2. The lowest BCUT2D eigenvalue weighted by molar-refractivity contribution is -0.143. The van der Waals surface area contributed by atoms with Gasteiger partial charge in [0.05, 0.1) is 22.1 Å². The second-order valence-electron chi connectivity index (χ2n) is 12.1. The van der Waals surface area contributed by atoms with Gasteiger partial charge in [-0.1, -0.05) is 49.1 Å². The van der Waals surface area contributed by atoms with Crippen LogP contribution in [0, 0.1) is 0 Å². The lowest BCUT2D eigenvalue weighted by atomic mass is 9.72. The third-order valence-electron chi connectivity index (χ3n) is 7.68. The van der Waals surface area contributed by atoms with Gasteiger partial charge in [-0.25, -0.2) is 4.79 Å². The molecule has 230 valence electrons. The minimum absolute atomic E-state index is 0.128. The summed E-state index contributed by atoms with van der Waals surface area (Å²) in [5.41, 5.74) is -1.78. The van der Waals surface area contributed by atoms with Gasteiger partial charge in [0.2, 0.25) is 5.91 Å². The molecule has 2 aromatic rings. The van der Waals surface area contributed by atoms with E-state index in [1.807, 2.05) is 0 Å². The van der Waals surface area contributed by atoms with E-state index in [0.29, 0.717) is 50.1 Å². The van der Waals surface area contributed by atoms with Crippen molar-refractivity contribution >= 4 is 23.6 Å². The Hall–Kier alpha value is -2.98. The van der Waals surface area contributed by atoms with Crippen LogP contribution in [0.5, 0.6) is 5.75 Å². The topological polar surface area (TPSA) is 79.3 Å². The number of halogens is 4. The minimum atomic E-state index is -4.46. The van der Waals surface area contributed by atoms with Crippen molar-refractivity contribution in [3.8, 4) is 5.75 Å². The number of carbonyl (C=O) groups is 2. The molecule has 1 aliphatic heterocycles. The molecular formula is C31H38ClF3N2O5.